The first kappa shape index (κ1) is 19.1. The lowest BCUT2D eigenvalue weighted by atomic mass is 9.97. The highest BCUT2D eigenvalue weighted by Crippen LogP contribution is 2.59. The quantitative estimate of drug-likeness (QED) is 0.420. The van der Waals surface area contributed by atoms with Gasteiger partial charge in [0.05, 0.1) is 15.4 Å². The molecule has 30 heavy (non-hydrogen) atoms. The van der Waals surface area contributed by atoms with Crippen LogP contribution in [0.2, 0.25) is 0 Å². The second-order valence-electron chi connectivity index (χ2n) is 7.04. The van der Waals surface area contributed by atoms with Gasteiger partial charge in [0.2, 0.25) is 10.0 Å². The molecule has 3 aromatic carbocycles. The van der Waals surface area contributed by atoms with Gasteiger partial charge in [0, 0.05) is 16.0 Å². The lowest BCUT2D eigenvalue weighted by molar-refractivity contribution is 0.103. The van der Waals surface area contributed by atoms with Crippen molar-refractivity contribution in [1.29, 1.82) is 0 Å². The molecule has 1 aliphatic carbocycles. The molecule has 0 amide bonds. The van der Waals surface area contributed by atoms with Crippen LogP contribution in [0.5, 0.6) is 11.5 Å². The maximum absolute atomic E-state index is 13.2. The predicted molar refractivity (Wildman–Crippen MR) is 108 cm³/mol. The number of hydrogen-bond donors (Lipinski definition) is 3. The van der Waals surface area contributed by atoms with Crippen LogP contribution in [-0.4, -0.2) is 24.4 Å². The summed E-state index contributed by atoms with van der Waals surface area (Å²) in [7, 11) is -3.82. The topological polar surface area (TPSA) is 130 Å². The minimum atomic E-state index is -3.82. The van der Waals surface area contributed by atoms with E-state index < -0.39 is 16.1 Å². The van der Waals surface area contributed by atoms with E-state index in [1.165, 1.54) is 30.3 Å². The number of aromatic hydroxyl groups is 2. The van der Waals surface area contributed by atoms with Crippen molar-refractivity contribution in [3.63, 3.8) is 0 Å². The zero-order valence-corrected chi connectivity index (χ0v) is 16.9. The number of sulfonamides is 1. The maximum Gasteiger partial charge on any atom is 0.238 e. The minimum absolute atomic E-state index is 0.0242. The predicted octanol–water partition coefficient (Wildman–Crippen LogP) is 3.25. The molecule has 1 heterocycles. The normalized spacial score (nSPS) is 19.4. The van der Waals surface area contributed by atoms with Crippen molar-refractivity contribution < 1.29 is 28.2 Å². The lowest BCUT2D eigenvalue weighted by Gasteiger charge is -2.14. The summed E-state index contributed by atoms with van der Waals surface area (Å²) in [5.41, 5.74) is 1.47. The number of ether oxygens (including phenoxy) is 1. The highest BCUT2D eigenvalue weighted by Gasteiger charge is 2.50. The monoisotopic (exact) mass is 441 g/mol. The van der Waals surface area contributed by atoms with Gasteiger partial charge in [0.1, 0.15) is 23.7 Å². The third-order valence-electron chi connectivity index (χ3n) is 5.18. The Labute approximate surface area is 176 Å². The fraction of sp³-hybridized carbons (Fsp3) is 0.0952. The second-order valence-corrected chi connectivity index (χ2v) is 9.72. The second kappa shape index (κ2) is 6.58. The fourth-order valence-corrected chi connectivity index (χ4v) is 5.13. The van der Waals surface area contributed by atoms with E-state index in [2.05, 4.69) is 0 Å². The van der Waals surface area contributed by atoms with Crippen molar-refractivity contribution in [2.24, 2.45) is 5.14 Å². The Morgan fingerprint density at radius 2 is 1.70 bits per heavy atom. The summed E-state index contributed by atoms with van der Waals surface area (Å²) in [6.45, 7) is 0. The summed E-state index contributed by atoms with van der Waals surface area (Å²) >= 11 is 1.09. The Hall–Kier alpha value is -2.85. The molecule has 2 atom stereocenters. The first-order valence-corrected chi connectivity index (χ1v) is 11.3. The smallest absolute Gasteiger partial charge is 0.238 e. The average Bonchev–Trinajstić information content (AvgIpc) is 3.50. The molecule has 152 valence electrons. The Bertz CT molecular complexity index is 1320. The molecule has 0 saturated carbocycles. The lowest BCUT2D eigenvalue weighted by Crippen LogP contribution is -2.11. The molecule has 2 unspecified atom stereocenters. The molecule has 3 aromatic rings. The number of ketones is 1. The highest BCUT2D eigenvalue weighted by molar-refractivity contribution is 7.99. The van der Waals surface area contributed by atoms with Gasteiger partial charge in [-0.3, -0.25) is 4.79 Å². The maximum atomic E-state index is 13.2. The Balaban J connectivity index is 1.59. The number of phenols is 2. The first-order chi connectivity index (χ1) is 14.3. The largest absolute Gasteiger partial charge is 0.507 e. The number of phenolic OH excluding ortho intramolecular Hbond substituents is 2. The van der Waals surface area contributed by atoms with Crippen molar-refractivity contribution in [2.75, 3.05) is 0 Å². The molecule has 1 fully saturated rings. The number of fused-ring (bicyclic) bond motifs is 5. The van der Waals surface area contributed by atoms with Gasteiger partial charge in [-0.25, -0.2) is 13.6 Å². The van der Waals surface area contributed by atoms with Crippen LogP contribution in [0.15, 0.2) is 69.3 Å². The van der Waals surface area contributed by atoms with Gasteiger partial charge < -0.3 is 14.9 Å². The van der Waals surface area contributed by atoms with Crippen molar-refractivity contribution in [2.45, 2.75) is 26.9 Å². The molecular formula is C21H15NO6S2. The third-order valence-corrected chi connectivity index (χ3v) is 7.15. The van der Waals surface area contributed by atoms with Crippen molar-refractivity contribution in [1.82, 2.24) is 0 Å². The van der Waals surface area contributed by atoms with Crippen LogP contribution in [-0.2, 0) is 14.8 Å². The minimum Gasteiger partial charge on any atom is -0.507 e. The summed E-state index contributed by atoms with van der Waals surface area (Å²) in [5, 5.41) is 26.7. The summed E-state index contributed by atoms with van der Waals surface area (Å²) in [6.07, 6.45) is -0.826. The van der Waals surface area contributed by atoms with Crippen LogP contribution in [0, 0.1) is 0 Å². The molecule has 0 aromatic heterocycles. The number of nitrogens with two attached hydrogens (primary N) is 1. The molecule has 0 radical (unpaired) electrons. The Morgan fingerprint density at radius 3 is 2.40 bits per heavy atom. The summed E-state index contributed by atoms with van der Waals surface area (Å²) in [6, 6.07) is 14.2. The van der Waals surface area contributed by atoms with Gasteiger partial charge in [-0.15, -0.1) is 0 Å². The van der Waals surface area contributed by atoms with E-state index in [9.17, 15) is 23.4 Å². The van der Waals surface area contributed by atoms with Gasteiger partial charge in [0.15, 0.2) is 5.78 Å². The molecular weight excluding hydrogens is 426 g/mol. The van der Waals surface area contributed by atoms with Crippen LogP contribution < -0.4 is 5.14 Å². The molecule has 0 bridgehead atoms. The Morgan fingerprint density at radius 1 is 1.00 bits per heavy atom. The average molecular weight is 441 g/mol. The van der Waals surface area contributed by atoms with Crippen molar-refractivity contribution in [3.05, 3.63) is 76.9 Å². The summed E-state index contributed by atoms with van der Waals surface area (Å²) in [5.74, 6) is -0.768. The number of primary sulfonamides is 1. The van der Waals surface area contributed by atoms with Crippen molar-refractivity contribution >= 4 is 27.6 Å². The molecule has 9 heteroatoms. The van der Waals surface area contributed by atoms with Crippen LogP contribution in [0.4, 0.5) is 0 Å². The summed E-state index contributed by atoms with van der Waals surface area (Å²) in [4.78, 5) is 14.0. The number of benzene rings is 3. The van der Waals surface area contributed by atoms with Crippen LogP contribution >= 0.6 is 11.8 Å². The van der Waals surface area contributed by atoms with E-state index >= 15 is 0 Å². The zero-order chi connectivity index (χ0) is 21.2. The van der Waals surface area contributed by atoms with E-state index in [1.807, 2.05) is 6.07 Å². The number of hydrogen-bond acceptors (Lipinski definition) is 7. The van der Waals surface area contributed by atoms with E-state index in [-0.39, 0.29) is 44.3 Å². The molecule has 0 spiro atoms. The van der Waals surface area contributed by atoms with Gasteiger partial charge in [0.25, 0.3) is 0 Å². The van der Waals surface area contributed by atoms with Gasteiger partial charge in [-0.2, -0.15) is 0 Å². The molecule has 7 nitrogen and oxygen atoms in total. The van der Waals surface area contributed by atoms with E-state index in [0.717, 1.165) is 17.3 Å². The molecule has 1 aliphatic heterocycles. The fourth-order valence-electron chi connectivity index (χ4n) is 3.72. The zero-order valence-electron chi connectivity index (χ0n) is 15.3. The number of rotatable bonds is 3. The van der Waals surface area contributed by atoms with E-state index in [0.29, 0.717) is 10.5 Å². The van der Waals surface area contributed by atoms with Crippen LogP contribution in [0.1, 0.15) is 39.3 Å². The number of epoxide rings is 1. The third kappa shape index (κ3) is 2.98. The highest BCUT2D eigenvalue weighted by atomic mass is 32.2. The van der Waals surface area contributed by atoms with E-state index in [1.54, 1.807) is 18.2 Å². The van der Waals surface area contributed by atoms with Gasteiger partial charge >= 0.3 is 0 Å². The number of carbonyl (C=O) groups is 1. The van der Waals surface area contributed by atoms with Crippen LogP contribution in [0.25, 0.3) is 0 Å². The first-order valence-electron chi connectivity index (χ1n) is 8.94. The standard InChI is InChI=1S/C21H15NO6S2/c22-30(26,27)11-7-5-10(6-8-11)29-15-9-14(23)16-17(19(15)25)18(24)12-3-1-2-4-13(12)20-21(16)28-20/h1-9,20-21,23,25H,(H2,22,26,27). The molecule has 2 aliphatic rings. The number of carbonyl (C=O) groups excluding carboxylic acids is 1. The van der Waals surface area contributed by atoms with E-state index in [4.69, 9.17) is 9.88 Å². The van der Waals surface area contributed by atoms with Gasteiger partial charge in [-0.1, -0.05) is 36.0 Å². The van der Waals surface area contributed by atoms with Crippen LogP contribution in [0.3, 0.4) is 0 Å². The Kier molecular flexibility index (Phi) is 4.19. The molecule has 5 rings (SSSR count). The molecule has 1 saturated heterocycles. The SMILES string of the molecule is NS(=O)(=O)c1ccc(Sc2cc(O)c3c(c2O)C(=O)c2ccccc2C2OC32)cc1. The molecule has 4 N–H and O–H groups in total. The van der Waals surface area contributed by atoms with Crippen molar-refractivity contribution in [3.8, 4) is 11.5 Å². The van der Waals surface area contributed by atoms with Gasteiger partial charge in [-0.05, 0) is 35.9 Å². The summed E-state index contributed by atoms with van der Waals surface area (Å²) < 4.78 is 28.5.